The van der Waals surface area contributed by atoms with Crippen molar-refractivity contribution in [3.8, 4) is 0 Å². The Morgan fingerprint density at radius 1 is 0.971 bits per heavy atom. The molecule has 0 radical (unpaired) electrons. The van der Waals surface area contributed by atoms with Gasteiger partial charge in [0.05, 0.1) is 11.1 Å². The summed E-state index contributed by atoms with van der Waals surface area (Å²) < 4.78 is 0. The van der Waals surface area contributed by atoms with E-state index in [1.165, 1.54) is 35.6 Å². The molecule has 34 heavy (non-hydrogen) atoms. The number of hydrogen-bond donors (Lipinski definition) is 1. The number of fused-ring (bicyclic) bond motifs is 2. The maximum Gasteiger partial charge on any atom is 0.231 e. The second-order valence-electron chi connectivity index (χ2n) is 11.4. The van der Waals surface area contributed by atoms with Gasteiger partial charge in [-0.05, 0) is 85.1 Å². The third-order valence-corrected chi connectivity index (χ3v) is 9.06. The summed E-state index contributed by atoms with van der Waals surface area (Å²) in [7, 11) is 0. The largest absolute Gasteiger partial charge is 0.310 e. The van der Waals surface area contributed by atoms with Crippen LogP contribution < -0.4 is 5.32 Å². The van der Waals surface area contributed by atoms with Crippen LogP contribution in [0.5, 0.6) is 0 Å². The van der Waals surface area contributed by atoms with Crippen molar-refractivity contribution in [2.75, 3.05) is 11.9 Å². The normalized spacial score (nSPS) is 29.8. The number of anilines is 1. The van der Waals surface area contributed by atoms with Gasteiger partial charge in [-0.15, -0.1) is 0 Å². The average molecular weight is 453 g/mol. The predicted molar refractivity (Wildman–Crippen MR) is 133 cm³/mol. The fourth-order valence-electron chi connectivity index (χ4n) is 7.88. The van der Waals surface area contributed by atoms with E-state index in [4.69, 9.17) is 0 Å². The van der Waals surface area contributed by atoms with E-state index in [2.05, 4.69) is 62.6 Å². The third-order valence-electron chi connectivity index (χ3n) is 9.06. The van der Waals surface area contributed by atoms with Crippen molar-refractivity contribution in [2.24, 2.45) is 23.2 Å². The highest BCUT2D eigenvalue weighted by Gasteiger charge is 2.54. The average Bonchev–Trinajstić information content (AvgIpc) is 2.83. The summed E-state index contributed by atoms with van der Waals surface area (Å²) in [4.78, 5) is 25.2. The molecule has 4 aliphatic carbocycles. The highest BCUT2D eigenvalue weighted by Crippen LogP contribution is 2.60. The van der Waals surface area contributed by atoms with E-state index in [-0.39, 0.29) is 11.3 Å². The van der Waals surface area contributed by atoms with E-state index in [0.29, 0.717) is 0 Å². The molecule has 0 saturated heterocycles. The zero-order valence-corrected chi connectivity index (χ0v) is 19.7. The maximum atomic E-state index is 13.6. The maximum absolute atomic E-state index is 13.6. The molecule has 2 aromatic carbocycles. The first kappa shape index (κ1) is 20.6. The summed E-state index contributed by atoms with van der Waals surface area (Å²) in [5.74, 6) is 3.28. The Labute approximate surface area is 201 Å². The highest BCUT2D eigenvalue weighted by molar-refractivity contribution is 5.95. The third kappa shape index (κ3) is 3.52. The van der Waals surface area contributed by atoms with Crippen molar-refractivity contribution in [3.05, 3.63) is 65.6 Å². The zero-order chi connectivity index (χ0) is 22.7. The standard InChI is InChI=1S/C29H32N4O/c34-28(29-13-20-9-21(14-29)11-22(10-20)15-29)32-27-25-7-8-33(17-26(25)30-18-31-27)16-19-5-6-23-3-1-2-4-24(23)12-19/h1-6,12,18,20-22H,7-11,13-17H2,(H,30,31,32,34). The van der Waals surface area contributed by atoms with E-state index >= 15 is 0 Å². The molecule has 2 heterocycles. The molecule has 1 aliphatic heterocycles. The second kappa shape index (κ2) is 7.88. The van der Waals surface area contributed by atoms with Crippen molar-refractivity contribution >= 4 is 22.5 Å². The number of carbonyl (C=O) groups is 1. The van der Waals surface area contributed by atoms with Crippen LogP contribution in [0.4, 0.5) is 5.82 Å². The summed E-state index contributed by atoms with van der Waals surface area (Å²) >= 11 is 0. The number of nitrogens with one attached hydrogen (secondary N) is 1. The minimum absolute atomic E-state index is 0.149. The number of nitrogens with zero attached hydrogens (tertiary/aromatic N) is 3. The SMILES string of the molecule is O=C(Nc1ncnc2c1CCN(Cc1ccc3ccccc3c1)C2)C12CC3CC(CC(C3)C1)C2. The van der Waals surface area contributed by atoms with Gasteiger partial charge in [-0.3, -0.25) is 9.69 Å². The van der Waals surface area contributed by atoms with E-state index in [1.807, 2.05) is 0 Å². The van der Waals surface area contributed by atoms with Gasteiger partial charge in [0, 0.05) is 25.2 Å². The van der Waals surface area contributed by atoms with E-state index in [0.717, 1.165) is 80.1 Å². The lowest BCUT2D eigenvalue weighted by Gasteiger charge is -2.55. The molecule has 5 nitrogen and oxygen atoms in total. The number of aromatic nitrogens is 2. The highest BCUT2D eigenvalue weighted by atomic mass is 16.2. The fourth-order valence-corrected chi connectivity index (χ4v) is 7.88. The first-order valence-corrected chi connectivity index (χ1v) is 13.0. The van der Waals surface area contributed by atoms with Crippen LogP contribution in [0.25, 0.3) is 10.8 Å². The molecular weight excluding hydrogens is 420 g/mol. The molecule has 5 aliphatic rings. The molecule has 0 unspecified atom stereocenters. The predicted octanol–water partition coefficient (Wildman–Crippen LogP) is 5.34. The van der Waals surface area contributed by atoms with Crippen molar-refractivity contribution in [1.29, 1.82) is 0 Å². The Morgan fingerprint density at radius 2 is 1.71 bits per heavy atom. The van der Waals surface area contributed by atoms with Crippen LogP contribution in [0.1, 0.15) is 55.3 Å². The van der Waals surface area contributed by atoms with E-state index in [1.54, 1.807) is 6.33 Å². The first-order valence-electron chi connectivity index (χ1n) is 13.0. The number of hydrogen-bond acceptors (Lipinski definition) is 4. The number of benzene rings is 2. The monoisotopic (exact) mass is 452 g/mol. The summed E-state index contributed by atoms with van der Waals surface area (Å²) in [5.41, 5.74) is 3.37. The van der Waals surface area contributed by atoms with Crippen LogP contribution >= 0.6 is 0 Å². The van der Waals surface area contributed by atoms with Gasteiger partial charge in [-0.25, -0.2) is 9.97 Å². The molecule has 174 valence electrons. The quantitative estimate of drug-likeness (QED) is 0.580. The van der Waals surface area contributed by atoms with Gasteiger partial charge in [-0.2, -0.15) is 0 Å². The summed E-state index contributed by atoms with van der Waals surface area (Å²) in [6.45, 7) is 2.65. The molecule has 4 bridgehead atoms. The molecular formula is C29H32N4O. The Morgan fingerprint density at radius 3 is 2.47 bits per heavy atom. The Balaban J connectivity index is 1.07. The van der Waals surface area contributed by atoms with Crippen molar-refractivity contribution in [1.82, 2.24) is 14.9 Å². The van der Waals surface area contributed by atoms with Gasteiger partial charge in [0.25, 0.3) is 0 Å². The second-order valence-corrected chi connectivity index (χ2v) is 11.4. The summed E-state index contributed by atoms with van der Waals surface area (Å²) in [5, 5.41) is 5.87. The molecule has 3 aromatic rings. The van der Waals surface area contributed by atoms with Crippen LogP contribution in [0, 0.1) is 23.2 Å². The molecule has 4 fully saturated rings. The van der Waals surface area contributed by atoms with Gasteiger partial charge < -0.3 is 5.32 Å². The van der Waals surface area contributed by atoms with Crippen LogP contribution in [0.3, 0.4) is 0 Å². The molecule has 1 aromatic heterocycles. The van der Waals surface area contributed by atoms with Crippen LogP contribution in [0.15, 0.2) is 48.8 Å². The van der Waals surface area contributed by atoms with E-state index < -0.39 is 0 Å². The first-order chi connectivity index (χ1) is 16.6. The number of carbonyl (C=O) groups excluding carboxylic acids is 1. The van der Waals surface area contributed by atoms with Gasteiger partial charge in [0.2, 0.25) is 5.91 Å². The van der Waals surface area contributed by atoms with E-state index in [9.17, 15) is 4.79 Å². The fraction of sp³-hybridized carbons (Fsp3) is 0.483. The number of rotatable bonds is 4. The van der Waals surface area contributed by atoms with Gasteiger partial charge >= 0.3 is 0 Å². The minimum Gasteiger partial charge on any atom is -0.310 e. The summed E-state index contributed by atoms with van der Waals surface area (Å²) in [6.07, 6.45) is 9.80. The molecule has 1 amide bonds. The lowest BCUT2D eigenvalue weighted by molar-refractivity contribution is -0.140. The topological polar surface area (TPSA) is 58.1 Å². The molecule has 8 rings (SSSR count). The molecule has 4 saturated carbocycles. The Hall–Kier alpha value is -2.79. The summed E-state index contributed by atoms with van der Waals surface area (Å²) in [6, 6.07) is 15.3. The Bertz CT molecular complexity index is 1230. The van der Waals surface area contributed by atoms with Gasteiger partial charge in [0.1, 0.15) is 12.1 Å². The smallest absolute Gasteiger partial charge is 0.231 e. The minimum atomic E-state index is -0.149. The van der Waals surface area contributed by atoms with Gasteiger partial charge in [0.15, 0.2) is 0 Å². The van der Waals surface area contributed by atoms with Crippen molar-refractivity contribution in [3.63, 3.8) is 0 Å². The Kier molecular flexibility index (Phi) is 4.77. The lowest BCUT2D eigenvalue weighted by Crippen LogP contribution is -2.52. The van der Waals surface area contributed by atoms with Crippen LogP contribution in [-0.4, -0.2) is 27.3 Å². The molecule has 1 N–H and O–H groups in total. The van der Waals surface area contributed by atoms with Crippen LogP contribution in [0.2, 0.25) is 0 Å². The molecule has 0 atom stereocenters. The van der Waals surface area contributed by atoms with Crippen LogP contribution in [-0.2, 0) is 24.3 Å². The van der Waals surface area contributed by atoms with Gasteiger partial charge in [-0.1, -0.05) is 36.4 Å². The molecule has 5 heteroatoms. The molecule has 0 spiro atoms. The zero-order valence-electron chi connectivity index (χ0n) is 19.7. The number of amides is 1. The van der Waals surface area contributed by atoms with Crippen molar-refractivity contribution in [2.45, 2.75) is 58.0 Å². The lowest BCUT2D eigenvalue weighted by atomic mass is 9.49. The van der Waals surface area contributed by atoms with Crippen molar-refractivity contribution < 1.29 is 4.79 Å².